The van der Waals surface area contributed by atoms with E-state index in [1.807, 2.05) is 0 Å². The molecule has 0 radical (unpaired) electrons. The molecule has 0 saturated heterocycles. The highest BCUT2D eigenvalue weighted by Gasteiger charge is 2.35. The Labute approximate surface area is 74.7 Å². The van der Waals surface area contributed by atoms with E-state index in [0.717, 1.165) is 25.8 Å². The lowest BCUT2D eigenvalue weighted by atomic mass is 9.88. The number of amides is 1. The van der Waals surface area contributed by atoms with Crippen LogP contribution in [-0.4, -0.2) is 12.5 Å². The van der Waals surface area contributed by atoms with Gasteiger partial charge >= 0.3 is 0 Å². The van der Waals surface area contributed by atoms with Gasteiger partial charge in [0.2, 0.25) is 5.91 Å². The summed E-state index contributed by atoms with van der Waals surface area (Å²) in [5, 5.41) is 2.98. The van der Waals surface area contributed by atoms with Crippen molar-refractivity contribution >= 4 is 5.91 Å². The normalized spacial score (nSPS) is 20.8. The average molecular weight is 169 g/mol. The van der Waals surface area contributed by atoms with Gasteiger partial charge in [0, 0.05) is 12.0 Å². The highest BCUT2D eigenvalue weighted by atomic mass is 16.2. The van der Waals surface area contributed by atoms with Crippen molar-refractivity contribution in [2.75, 3.05) is 6.54 Å². The van der Waals surface area contributed by atoms with Crippen LogP contribution in [0.15, 0.2) is 0 Å². The Balaban J connectivity index is 2.39. The van der Waals surface area contributed by atoms with Crippen LogP contribution in [0.4, 0.5) is 0 Å². The van der Waals surface area contributed by atoms with Crippen molar-refractivity contribution in [3.05, 3.63) is 0 Å². The van der Waals surface area contributed by atoms with Crippen LogP contribution in [0.25, 0.3) is 0 Å². The van der Waals surface area contributed by atoms with Gasteiger partial charge in [0.1, 0.15) is 0 Å². The fourth-order valence-corrected chi connectivity index (χ4v) is 1.83. The first-order valence-electron chi connectivity index (χ1n) is 4.97. The molecule has 0 aromatic rings. The molecule has 1 amide bonds. The maximum absolute atomic E-state index is 11.6. The maximum atomic E-state index is 11.6. The molecule has 1 fully saturated rings. The van der Waals surface area contributed by atoms with Crippen LogP contribution >= 0.6 is 0 Å². The van der Waals surface area contributed by atoms with E-state index in [-0.39, 0.29) is 11.3 Å². The molecule has 1 N–H and O–H groups in total. The third-order valence-corrected chi connectivity index (χ3v) is 2.79. The Morgan fingerprint density at radius 1 is 1.42 bits per heavy atom. The second-order valence-corrected chi connectivity index (χ2v) is 4.02. The molecule has 1 rings (SSSR count). The molecule has 0 atom stereocenters. The summed E-state index contributed by atoms with van der Waals surface area (Å²) in [6, 6.07) is 0. The second-order valence-electron chi connectivity index (χ2n) is 4.02. The Hall–Kier alpha value is -0.530. The van der Waals surface area contributed by atoms with E-state index in [9.17, 15) is 4.79 Å². The average Bonchev–Trinajstić information content (AvgIpc) is 2.49. The summed E-state index contributed by atoms with van der Waals surface area (Å²) in [7, 11) is 0. The molecule has 0 heterocycles. The molecule has 0 bridgehead atoms. The van der Waals surface area contributed by atoms with E-state index in [2.05, 4.69) is 19.2 Å². The fraction of sp³-hybridized carbons (Fsp3) is 0.900. The molecule has 70 valence electrons. The van der Waals surface area contributed by atoms with Gasteiger partial charge in [0.05, 0.1) is 0 Å². The molecule has 0 aromatic heterocycles. The minimum absolute atomic E-state index is 0.0465. The molecule has 12 heavy (non-hydrogen) atoms. The third kappa shape index (κ3) is 1.99. The standard InChI is InChI=1S/C10H19NO/c1-3-8-11-9(12)10(2)6-4-5-7-10/h3-8H2,1-2H3,(H,11,12). The molecule has 0 aliphatic heterocycles. The van der Waals surface area contributed by atoms with Gasteiger partial charge in [0.25, 0.3) is 0 Å². The van der Waals surface area contributed by atoms with Crippen molar-refractivity contribution in [3.63, 3.8) is 0 Å². The number of nitrogens with one attached hydrogen (secondary N) is 1. The molecular weight excluding hydrogens is 150 g/mol. The zero-order valence-electron chi connectivity index (χ0n) is 8.15. The Kier molecular flexibility index (Phi) is 3.12. The van der Waals surface area contributed by atoms with E-state index in [4.69, 9.17) is 0 Å². The number of carbonyl (C=O) groups excluding carboxylic acids is 1. The summed E-state index contributed by atoms with van der Waals surface area (Å²) in [6.07, 6.45) is 5.61. The summed E-state index contributed by atoms with van der Waals surface area (Å²) >= 11 is 0. The molecule has 1 aliphatic rings. The van der Waals surface area contributed by atoms with Crippen molar-refractivity contribution in [2.24, 2.45) is 5.41 Å². The molecular formula is C10H19NO. The molecule has 2 heteroatoms. The molecule has 0 unspecified atom stereocenters. The van der Waals surface area contributed by atoms with Crippen molar-refractivity contribution in [1.29, 1.82) is 0 Å². The van der Waals surface area contributed by atoms with E-state index in [1.165, 1.54) is 12.8 Å². The van der Waals surface area contributed by atoms with Gasteiger partial charge in [-0.05, 0) is 19.3 Å². The highest BCUT2D eigenvalue weighted by molar-refractivity contribution is 5.82. The second kappa shape index (κ2) is 3.92. The van der Waals surface area contributed by atoms with Crippen molar-refractivity contribution in [1.82, 2.24) is 5.32 Å². The number of hydrogen-bond acceptors (Lipinski definition) is 1. The molecule has 1 aliphatic carbocycles. The van der Waals surface area contributed by atoms with E-state index in [0.29, 0.717) is 0 Å². The number of carbonyl (C=O) groups is 1. The van der Waals surface area contributed by atoms with Crippen molar-refractivity contribution in [3.8, 4) is 0 Å². The van der Waals surface area contributed by atoms with Crippen LogP contribution < -0.4 is 5.32 Å². The van der Waals surface area contributed by atoms with Gasteiger partial charge in [-0.3, -0.25) is 4.79 Å². The van der Waals surface area contributed by atoms with Gasteiger partial charge in [-0.25, -0.2) is 0 Å². The van der Waals surface area contributed by atoms with Crippen molar-refractivity contribution in [2.45, 2.75) is 46.0 Å². The first kappa shape index (κ1) is 9.56. The van der Waals surface area contributed by atoms with Gasteiger partial charge in [-0.2, -0.15) is 0 Å². The van der Waals surface area contributed by atoms with Gasteiger partial charge in [0.15, 0.2) is 0 Å². The van der Waals surface area contributed by atoms with Crippen LogP contribution in [0.5, 0.6) is 0 Å². The van der Waals surface area contributed by atoms with Crippen LogP contribution in [0.2, 0.25) is 0 Å². The van der Waals surface area contributed by atoms with Gasteiger partial charge < -0.3 is 5.32 Å². The minimum Gasteiger partial charge on any atom is -0.356 e. The Bertz CT molecular complexity index is 159. The topological polar surface area (TPSA) is 29.1 Å². The molecule has 1 saturated carbocycles. The zero-order valence-corrected chi connectivity index (χ0v) is 8.15. The summed E-state index contributed by atoms with van der Waals surface area (Å²) < 4.78 is 0. The molecule has 0 aromatic carbocycles. The quantitative estimate of drug-likeness (QED) is 0.688. The Morgan fingerprint density at radius 3 is 2.50 bits per heavy atom. The predicted molar refractivity (Wildman–Crippen MR) is 49.9 cm³/mol. The van der Waals surface area contributed by atoms with Gasteiger partial charge in [-0.15, -0.1) is 0 Å². The van der Waals surface area contributed by atoms with Crippen LogP contribution in [0, 0.1) is 5.41 Å². The lowest BCUT2D eigenvalue weighted by molar-refractivity contribution is -0.129. The van der Waals surface area contributed by atoms with Crippen molar-refractivity contribution < 1.29 is 4.79 Å². The first-order valence-corrected chi connectivity index (χ1v) is 4.97. The summed E-state index contributed by atoms with van der Waals surface area (Å²) in [5.74, 6) is 0.266. The summed E-state index contributed by atoms with van der Waals surface area (Å²) in [6.45, 7) is 5.00. The summed E-state index contributed by atoms with van der Waals surface area (Å²) in [5.41, 5.74) is -0.0465. The monoisotopic (exact) mass is 169 g/mol. The smallest absolute Gasteiger partial charge is 0.225 e. The largest absolute Gasteiger partial charge is 0.356 e. The Morgan fingerprint density at radius 2 is 2.00 bits per heavy atom. The predicted octanol–water partition coefficient (Wildman–Crippen LogP) is 2.09. The van der Waals surface area contributed by atoms with E-state index in [1.54, 1.807) is 0 Å². The fourth-order valence-electron chi connectivity index (χ4n) is 1.83. The molecule has 2 nitrogen and oxygen atoms in total. The van der Waals surface area contributed by atoms with Crippen LogP contribution in [0.1, 0.15) is 46.0 Å². The molecule has 0 spiro atoms. The van der Waals surface area contributed by atoms with E-state index < -0.39 is 0 Å². The lowest BCUT2D eigenvalue weighted by Gasteiger charge is -2.21. The SMILES string of the molecule is CCCNC(=O)C1(C)CCCC1. The van der Waals surface area contributed by atoms with Crippen LogP contribution in [-0.2, 0) is 4.79 Å². The lowest BCUT2D eigenvalue weighted by Crippen LogP contribution is -2.37. The van der Waals surface area contributed by atoms with Crippen LogP contribution in [0.3, 0.4) is 0 Å². The summed E-state index contributed by atoms with van der Waals surface area (Å²) in [4.78, 5) is 11.6. The van der Waals surface area contributed by atoms with E-state index >= 15 is 0 Å². The third-order valence-electron chi connectivity index (χ3n) is 2.79. The minimum atomic E-state index is -0.0465. The number of hydrogen-bond donors (Lipinski definition) is 1. The zero-order chi connectivity index (χ0) is 9.03. The van der Waals surface area contributed by atoms with Gasteiger partial charge in [-0.1, -0.05) is 26.7 Å². The maximum Gasteiger partial charge on any atom is 0.225 e. The highest BCUT2D eigenvalue weighted by Crippen LogP contribution is 2.37. The number of rotatable bonds is 3. The first-order chi connectivity index (χ1) is 5.69.